The van der Waals surface area contributed by atoms with Gasteiger partial charge in [-0.3, -0.25) is 4.79 Å². The number of benzene rings is 1. The van der Waals surface area contributed by atoms with Gasteiger partial charge in [0.2, 0.25) is 5.91 Å². The highest BCUT2D eigenvalue weighted by Gasteiger charge is 2.45. The molecule has 0 saturated carbocycles. The fourth-order valence-corrected chi connectivity index (χ4v) is 5.88. The van der Waals surface area contributed by atoms with E-state index in [9.17, 15) is 9.18 Å². The van der Waals surface area contributed by atoms with Crippen molar-refractivity contribution >= 4 is 11.7 Å². The summed E-state index contributed by atoms with van der Waals surface area (Å²) in [6, 6.07) is 13.4. The number of anilines is 1. The number of carbonyl (C=O) groups excluding carboxylic acids is 1. The molecule has 2 saturated heterocycles. The summed E-state index contributed by atoms with van der Waals surface area (Å²) in [4.78, 5) is 17.7. The summed E-state index contributed by atoms with van der Waals surface area (Å²) in [5, 5.41) is 20.7. The van der Waals surface area contributed by atoms with E-state index in [2.05, 4.69) is 27.6 Å². The van der Waals surface area contributed by atoms with Gasteiger partial charge in [-0.15, -0.1) is 10.2 Å². The summed E-state index contributed by atoms with van der Waals surface area (Å²) in [5.74, 6) is -0.752. The molecule has 8 nitrogen and oxygen atoms in total. The number of ether oxygens (including phenoxy) is 1. The maximum atomic E-state index is 15.0. The predicted molar refractivity (Wildman–Crippen MR) is 142 cm³/mol. The highest BCUT2D eigenvalue weighted by molar-refractivity contribution is 5.81. The minimum Gasteiger partial charge on any atom is -0.497 e. The number of nitrogens with zero attached hydrogens (tertiary/aromatic N) is 5. The first-order chi connectivity index (χ1) is 19.0. The molecule has 1 N–H and O–H groups in total. The van der Waals surface area contributed by atoms with E-state index in [1.165, 1.54) is 11.6 Å². The Bertz CT molecular complexity index is 1250. The summed E-state index contributed by atoms with van der Waals surface area (Å²) in [6.07, 6.45) is 4.00. The van der Waals surface area contributed by atoms with Crippen molar-refractivity contribution in [3.8, 4) is 11.8 Å². The number of hydrogen-bond acceptors (Lipinski definition) is 7. The van der Waals surface area contributed by atoms with Crippen LogP contribution < -0.4 is 15.0 Å². The Kier molecular flexibility index (Phi) is 8.17. The molecule has 1 aromatic heterocycles. The van der Waals surface area contributed by atoms with Crippen molar-refractivity contribution < 1.29 is 18.3 Å². The predicted octanol–water partition coefficient (Wildman–Crippen LogP) is 3.74. The molecule has 3 aliphatic rings. The van der Waals surface area contributed by atoms with Crippen molar-refractivity contribution in [2.75, 3.05) is 44.7 Å². The van der Waals surface area contributed by atoms with E-state index in [0.29, 0.717) is 38.5 Å². The summed E-state index contributed by atoms with van der Waals surface area (Å²) >= 11 is 0. The zero-order chi connectivity index (χ0) is 27.4. The number of alkyl halides is 1. The number of allylic oxidation sites excluding steroid dienone is 4. The first-order valence-corrected chi connectivity index (χ1v) is 13.3. The van der Waals surface area contributed by atoms with Gasteiger partial charge in [-0.1, -0.05) is 18.2 Å². The van der Waals surface area contributed by atoms with Gasteiger partial charge >= 0.3 is 0 Å². The first kappa shape index (κ1) is 26.8. The Morgan fingerprint density at radius 1 is 1.15 bits per heavy atom. The van der Waals surface area contributed by atoms with Crippen LogP contribution in [0.1, 0.15) is 30.1 Å². The van der Waals surface area contributed by atoms with Crippen LogP contribution in [0.4, 0.5) is 14.6 Å². The molecule has 0 spiro atoms. The molecule has 2 aliphatic heterocycles. The first-order valence-electron chi connectivity index (χ1n) is 13.3. The van der Waals surface area contributed by atoms with Crippen molar-refractivity contribution in [1.29, 1.82) is 5.26 Å². The second-order valence-corrected chi connectivity index (χ2v) is 10.2. The maximum Gasteiger partial charge on any atom is 0.227 e. The molecule has 0 radical (unpaired) electrons. The van der Waals surface area contributed by atoms with Crippen LogP contribution in [0, 0.1) is 29.1 Å². The van der Waals surface area contributed by atoms with E-state index in [-0.39, 0.29) is 23.6 Å². The Hall–Kier alpha value is -3.84. The minimum absolute atomic E-state index is 0.0237. The molecule has 2 fully saturated rings. The quantitative estimate of drug-likeness (QED) is 0.625. The topological polar surface area (TPSA) is 94.4 Å². The second-order valence-electron chi connectivity index (χ2n) is 10.2. The molecular formula is C29H32F2N6O2. The van der Waals surface area contributed by atoms with Crippen molar-refractivity contribution in [3.63, 3.8) is 0 Å². The number of carbonyl (C=O) groups is 1. The van der Waals surface area contributed by atoms with Crippen molar-refractivity contribution in [1.82, 2.24) is 20.4 Å². The normalized spacial score (nSPS) is 27.3. The maximum absolute atomic E-state index is 15.0. The highest BCUT2D eigenvalue weighted by Crippen LogP contribution is 2.39. The third kappa shape index (κ3) is 5.93. The van der Waals surface area contributed by atoms with Crippen LogP contribution in [-0.2, 0) is 4.79 Å². The molecule has 2 aromatic rings. The Morgan fingerprint density at radius 2 is 1.97 bits per heavy atom. The van der Waals surface area contributed by atoms with Gasteiger partial charge in [0.1, 0.15) is 23.8 Å². The van der Waals surface area contributed by atoms with Gasteiger partial charge < -0.3 is 19.9 Å². The molecule has 0 bridgehead atoms. The number of aromatic nitrogens is 2. The molecule has 3 heterocycles. The fraction of sp³-hybridized carbons (Fsp3) is 0.448. The minimum atomic E-state index is -1.51. The molecular weight excluding hydrogens is 502 g/mol. The lowest BCUT2D eigenvalue weighted by atomic mass is 9.78. The summed E-state index contributed by atoms with van der Waals surface area (Å²) in [5.41, 5.74) is 1.38. The van der Waals surface area contributed by atoms with Crippen LogP contribution in [0.25, 0.3) is 0 Å². The fourth-order valence-electron chi connectivity index (χ4n) is 5.88. The Balaban J connectivity index is 1.30. The highest BCUT2D eigenvalue weighted by atomic mass is 19.1. The van der Waals surface area contributed by atoms with E-state index in [4.69, 9.17) is 10.00 Å². The molecule has 10 heteroatoms. The van der Waals surface area contributed by atoms with Crippen LogP contribution in [0.5, 0.6) is 5.75 Å². The molecule has 3 unspecified atom stereocenters. The van der Waals surface area contributed by atoms with Gasteiger partial charge in [-0.2, -0.15) is 5.26 Å². The third-order valence-corrected chi connectivity index (χ3v) is 7.95. The smallest absolute Gasteiger partial charge is 0.227 e. The summed E-state index contributed by atoms with van der Waals surface area (Å²) in [6.45, 7) is 2.52. The van der Waals surface area contributed by atoms with Gasteiger partial charge in [0.05, 0.1) is 13.0 Å². The molecule has 1 amide bonds. The number of methoxy groups -OCH3 is 1. The molecule has 204 valence electrons. The lowest BCUT2D eigenvalue weighted by Gasteiger charge is -2.34. The van der Waals surface area contributed by atoms with Gasteiger partial charge in [0.25, 0.3) is 0 Å². The van der Waals surface area contributed by atoms with Crippen molar-refractivity contribution in [2.45, 2.75) is 25.1 Å². The van der Waals surface area contributed by atoms with Gasteiger partial charge in [-0.05, 0) is 60.7 Å². The standard InChI is InChI=1S/C29H32F2N6O2/c1-39-22-8-4-19(5-9-22)27-3-2-13-36(14-12-33-27)29(38)25-18-37(28-11-7-21(16-32)34-35-28)17-24(25)23-10-6-20(30)15-26(23)31/h4-11,15,23-27,33H,2-3,12-14,17-18H2,1H3/t23?,24-,25?,26?,27-/m0/s1. The van der Waals surface area contributed by atoms with Crippen molar-refractivity contribution in [2.24, 2.45) is 17.8 Å². The average molecular weight is 535 g/mol. The number of nitriles is 1. The van der Waals surface area contributed by atoms with E-state index < -0.39 is 23.8 Å². The van der Waals surface area contributed by atoms with Crippen molar-refractivity contribution in [3.05, 3.63) is 71.7 Å². The number of nitrogens with one attached hydrogen (secondary N) is 1. The zero-order valence-electron chi connectivity index (χ0n) is 21.8. The summed E-state index contributed by atoms with van der Waals surface area (Å²) < 4.78 is 34.0. The molecule has 5 atom stereocenters. The molecule has 39 heavy (non-hydrogen) atoms. The Labute approximate surface area is 227 Å². The van der Waals surface area contributed by atoms with Crippen LogP contribution in [0.2, 0.25) is 0 Å². The van der Waals surface area contributed by atoms with Crippen LogP contribution in [0.15, 0.2) is 60.5 Å². The van der Waals surface area contributed by atoms with E-state index in [0.717, 1.165) is 24.7 Å². The monoisotopic (exact) mass is 534 g/mol. The van der Waals surface area contributed by atoms with E-state index in [1.807, 2.05) is 28.0 Å². The third-order valence-electron chi connectivity index (χ3n) is 7.95. The van der Waals surface area contributed by atoms with Gasteiger partial charge in [0, 0.05) is 44.7 Å². The number of amides is 1. The van der Waals surface area contributed by atoms with Crippen LogP contribution >= 0.6 is 0 Å². The number of rotatable bonds is 5. The van der Waals surface area contributed by atoms with Crippen LogP contribution in [-0.4, -0.2) is 67.0 Å². The zero-order valence-corrected chi connectivity index (χ0v) is 21.8. The second kappa shape index (κ2) is 11.9. The number of halogens is 2. The summed E-state index contributed by atoms with van der Waals surface area (Å²) in [7, 11) is 1.65. The lowest BCUT2D eigenvalue weighted by Crippen LogP contribution is -2.46. The lowest BCUT2D eigenvalue weighted by molar-refractivity contribution is -0.137. The number of hydrogen-bond donors (Lipinski definition) is 1. The largest absolute Gasteiger partial charge is 0.497 e. The van der Waals surface area contributed by atoms with E-state index in [1.54, 1.807) is 25.3 Å². The molecule has 1 aromatic carbocycles. The SMILES string of the molecule is COc1ccc([C@@H]2CCCN(C(=O)C3CN(c4ccc(C#N)nn4)C[C@H]3C3C=CC(F)=CC3F)CCN2)cc1. The molecule has 1 aliphatic carbocycles. The van der Waals surface area contributed by atoms with Crippen LogP contribution in [0.3, 0.4) is 0 Å². The Morgan fingerprint density at radius 3 is 2.67 bits per heavy atom. The molecule has 5 rings (SSSR count). The van der Waals surface area contributed by atoms with Gasteiger partial charge in [0.15, 0.2) is 11.5 Å². The average Bonchev–Trinajstić information content (AvgIpc) is 3.38. The van der Waals surface area contributed by atoms with Gasteiger partial charge in [-0.25, -0.2) is 8.78 Å². The van der Waals surface area contributed by atoms with E-state index >= 15 is 4.39 Å².